The molecule has 1 aliphatic carbocycles. The lowest BCUT2D eigenvalue weighted by atomic mass is 9.77. The van der Waals surface area contributed by atoms with Crippen LogP contribution in [0.15, 0.2) is 18.2 Å². The lowest BCUT2D eigenvalue weighted by molar-refractivity contribution is -0.348. The van der Waals surface area contributed by atoms with Crippen LogP contribution < -0.4 is 0 Å². The van der Waals surface area contributed by atoms with Crippen LogP contribution in [0.5, 0.6) is 0 Å². The minimum atomic E-state index is -6.17. The van der Waals surface area contributed by atoms with Gasteiger partial charge < -0.3 is 13.9 Å². The van der Waals surface area contributed by atoms with E-state index in [2.05, 4.69) is 0 Å². The van der Waals surface area contributed by atoms with Crippen LogP contribution in [0.2, 0.25) is 0 Å². The fraction of sp³-hybridized carbons (Fsp3) is 0.667. The van der Waals surface area contributed by atoms with Crippen LogP contribution in [-0.4, -0.2) is 55.6 Å². The van der Waals surface area contributed by atoms with Crippen molar-refractivity contribution in [3.05, 3.63) is 34.9 Å². The van der Waals surface area contributed by atoms with Gasteiger partial charge in [0, 0.05) is 30.7 Å². The van der Waals surface area contributed by atoms with E-state index < -0.39 is 36.6 Å². The van der Waals surface area contributed by atoms with Crippen molar-refractivity contribution in [2.45, 2.75) is 56.2 Å². The molecule has 190 valence electrons. The molecule has 1 aromatic rings. The van der Waals surface area contributed by atoms with Gasteiger partial charge in [-0.3, -0.25) is 9.36 Å². The molecule has 2 saturated heterocycles. The second kappa shape index (κ2) is 7.93. The molecule has 2 fully saturated rings. The summed E-state index contributed by atoms with van der Waals surface area (Å²) in [7, 11) is -3.21. The maximum absolute atomic E-state index is 14.5. The maximum Gasteiger partial charge on any atom is 0.435 e. The van der Waals surface area contributed by atoms with Gasteiger partial charge in [-0.1, -0.05) is 18.2 Å². The fourth-order valence-corrected chi connectivity index (χ4v) is 6.20. The summed E-state index contributed by atoms with van der Waals surface area (Å²) < 4.78 is 116. The normalized spacial score (nSPS) is 32.3. The molecule has 2 heterocycles. The quantitative estimate of drug-likeness (QED) is 0.385. The summed E-state index contributed by atoms with van der Waals surface area (Å²) in [4.78, 5) is 14.9. The first-order valence-electron chi connectivity index (χ1n) is 10.6. The molecule has 0 radical (unpaired) electrons. The molecule has 0 bridgehead atoms. The summed E-state index contributed by atoms with van der Waals surface area (Å²) in [5.41, 5.74) is -7.32. The number of hydrogen-bond acceptors (Lipinski definition) is 4. The van der Waals surface area contributed by atoms with Gasteiger partial charge in [0.05, 0.1) is 18.6 Å². The highest BCUT2D eigenvalue weighted by molar-refractivity contribution is 7.53. The molecule has 3 aliphatic rings. The molecule has 1 amide bonds. The minimum Gasteiger partial charge on any atom is -0.338 e. The number of carbonyl (C=O) groups is 1. The molecule has 0 N–H and O–H groups in total. The van der Waals surface area contributed by atoms with E-state index >= 15 is 0 Å². The van der Waals surface area contributed by atoms with Crippen LogP contribution in [0.25, 0.3) is 0 Å². The maximum atomic E-state index is 14.5. The Morgan fingerprint density at radius 3 is 2.21 bits per heavy atom. The van der Waals surface area contributed by atoms with Gasteiger partial charge in [-0.25, -0.2) is 4.39 Å². The van der Waals surface area contributed by atoms with Crippen molar-refractivity contribution in [1.82, 2.24) is 4.90 Å². The lowest BCUT2D eigenvalue weighted by Gasteiger charge is -2.41. The molecule has 13 heteroatoms. The van der Waals surface area contributed by atoms with Crippen molar-refractivity contribution >= 4 is 13.5 Å². The number of alkyl halides is 7. The average molecular weight is 517 g/mol. The average Bonchev–Trinajstić information content (AvgIpc) is 3.17. The Kier molecular flexibility index (Phi) is 5.93. The van der Waals surface area contributed by atoms with E-state index in [9.17, 15) is 40.1 Å². The van der Waals surface area contributed by atoms with E-state index in [4.69, 9.17) is 9.05 Å². The van der Waals surface area contributed by atoms with Crippen molar-refractivity contribution in [3.8, 4) is 0 Å². The Morgan fingerprint density at radius 2 is 1.65 bits per heavy atom. The number of carbonyl (C=O) groups excluding carboxylic acids is 1. The number of hydrogen-bond donors (Lipinski definition) is 0. The van der Waals surface area contributed by atoms with E-state index in [1.807, 2.05) is 0 Å². The first-order valence-corrected chi connectivity index (χ1v) is 12.6. The van der Waals surface area contributed by atoms with Gasteiger partial charge in [-0.2, -0.15) is 26.3 Å². The van der Waals surface area contributed by atoms with Gasteiger partial charge in [0.2, 0.25) is 5.91 Å². The third-order valence-electron chi connectivity index (χ3n) is 6.99. The Balaban J connectivity index is 1.60. The number of amides is 1. The molecule has 4 rings (SSSR count). The lowest BCUT2D eigenvalue weighted by Crippen LogP contribution is -2.51. The number of fused-ring (bicyclic) bond motifs is 3. The van der Waals surface area contributed by atoms with Crippen LogP contribution in [0.3, 0.4) is 0 Å². The van der Waals surface area contributed by atoms with Crippen molar-refractivity contribution in [3.63, 3.8) is 0 Å². The zero-order valence-corrected chi connectivity index (χ0v) is 19.2. The van der Waals surface area contributed by atoms with Crippen molar-refractivity contribution < 1.29 is 49.1 Å². The highest BCUT2D eigenvalue weighted by atomic mass is 31.2. The van der Waals surface area contributed by atoms with Gasteiger partial charge >= 0.3 is 25.6 Å². The SMILES string of the molecule is CC1(C(=O)N2CCC3c4ccc(C(F)(C(F)(F)F)C(F)(F)F)cc4CCC32)COP(C)(=O)OC1. The topological polar surface area (TPSA) is 55.8 Å². The summed E-state index contributed by atoms with van der Waals surface area (Å²) in [6, 6.07) is 1.98. The summed E-state index contributed by atoms with van der Waals surface area (Å²) in [6.45, 7) is 3.06. The largest absolute Gasteiger partial charge is 0.435 e. The first-order chi connectivity index (χ1) is 15.5. The van der Waals surface area contributed by atoms with Crippen molar-refractivity contribution in [2.24, 2.45) is 5.41 Å². The molecule has 0 aromatic heterocycles. The van der Waals surface area contributed by atoms with E-state index in [-0.39, 0.29) is 43.1 Å². The Labute approximate surface area is 191 Å². The van der Waals surface area contributed by atoms with Crippen LogP contribution in [0.4, 0.5) is 30.7 Å². The molecule has 1 aromatic carbocycles. The van der Waals surface area contributed by atoms with Crippen LogP contribution in [0.1, 0.15) is 42.4 Å². The smallest absolute Gasteiger partial charge is 0.338 e. The number of aryl methyl sites for hydroxylation is 1. The predicted molar refractivity (Wildman–Crippen MR) is 106 cm³/mol. The molecule has 2 unspecified atom stereocenters. The standard InChI is InChI=1S/C21H23F7NO4P/c1-18(10-32-34(2,31)33-11-18)17(30)29-8-7-15-14-5-4-13(9-12(14)3-6-16(15)29)19(22,20(23,24)25)21(26,27)28/h4-5,9,15-16H,3,6-8,10-11H2,1-2H3. The Morgan fingerprint density at radius 1 is 1.06 bits per heavy atom. The zero-order valence-electron chi connectivity index (χ0n) is 18.3. The molecule has 5 nitrogen and oxygen atoms in total. The monoisotopic (exact) mass is 517 g/mol. The van der Waals surface area contributed by atoms with Crippen LogP contribution in [0, 0.1) is 5.41 Å². The van der Waals surface area contributed by atoms with Gasteiger partial charge in [-0.15, -0.1) is 0 Å². The van der Waals surface area contributed by atoms with Gasteiger partial charge in [0.15, 0.2) is 0 Å². The van der Waals surface area contributed by atoms with Crippen LogP contribution in [-0.2, 0) is 30.5 Å². The molecular formula is C21H23F7NO4P. The zero-order chi connectivity index (χ0) is 25.3. The number of halogens is 7. The number of rotatable bonds is 2. The molecule has 0 spiro atoms. The molecule has 0 saturated carbocycles. The third-order valence-corrected chi connectivity index (χ3v) is 8.19. The van der Waals surface area contributed by atoms with E-state index in [0.717, 1.165) is 6.07 Å². The number of nitrogens with zero attached hydrogens (tertiary/aromatic N) is 1. The molecule has 2 aliphatic heterocycles. The van der Waals surface area contributed by atoms with E-state index in [1.165, 1.54) is 6.66 Å². The first kappa shape index (κ1) is 25.4. The van der Waals surface area contributed by atoms with Crippen LogP contribution >= 0.6 is 7.60 Å². The second-order valence-corrected chi connectivity index (χ2v) is 11.5. The Hall–Kier alpha value is -1.65. The van der Waals surface area contributed by atoms with Gasteiger partial charge in [-0.05, 0) is 37.3 Å². The summed E-state index contributed by atoms with van der Waals surface area (Å²) in [5.74, 6) is -0.587. The summed E-state index contributed by atoms with van der Waals surface area (Å²) in [5, 5.41) is 0. The predicted octanol–water partition coefficient (Wildman–Crippen LogP) is 5.48. The van der Waals surface area contributed by atoms with E-state index in [1.54, 1.807) is 11.8 Å². The Bertz CT molecular complexity index is 1010. The van der Waals surface area contributed by atoms with Crippen molar-refractivity contribution in [1.29, 1.82) is 0 Å². The third kappa shape index (κ3) is 3.95. The molecule has 2 atom stereocenters. The summed E-state index contributed by atoms with van der Waals surface area (Å²) in [6.07, 6.45) is -11.5. The number of likely N-dealkylation sites (tertiary alicyclic amines) is 1. The van der Waals surface area contributed by atoms with Gasteiger partial charge in [0.1, 0.15) is 0 Å². The second-order valence-electron chi connectivity index (χ2n) is 9.45. The highest BCUT2D eigenvalue weighted by Crippen LogP contribution is 2.55. The van der Waals surface area contributed by atoms with E-state index in [0.29, 0.717) is 37.1 Å². The molecule has 34 heavy (non-hydrogen) atoms. The number of benzene rings is 1. The summed E-state index contributed by atoms with van der Waals surface area (Å²) >= 11 is 0. The van der Waals surface area contributed by atoms with Gasteiger partial charge in [0.25, 0.3) is 0 Å². The van der Waals surface area contributed by atoms with Crippen molar-refractivity contribution in [2.75, 3.05) is 26.4 Å². The fourth-order valence-electron chi connectivity index (χ4n) is 5.08. The highest BCUT2D eigenvalue weighted by Gasteiger charge is 2.73. The minimum absolute atomic E-state index is 0.0911. The molecular weight excluding hydrogens is 494 g/mol.